The van der Waals surface area contributed by atoms with Crippen LogP contribution in [0.3, 0.4) is 0 Å². The van der Waals surface area contributed by atoms with Gasteiger partial charge in [0.1, 0.15) is 6.42 Å². The normalized spacial score (nSPS) is 9.49. The Hall–Kier alpha value is -2.24. The van der Waals surface area contributed by atoms with Gasteiger partial charge in [0, 0.05) is 14.3 Å². The molecule has 0 aromatic heterocycles. The number of carbonyl (C=O) groups is 4. The molecular weight excluding hydrogens is 656 g/mol. The summed E-state index contributed by atoms with van der Waals surface area (Å²) in [7, 11) is 4.93. The zero-order chi connectivity index (χ0) is 26.8. The first kappa shape index (κ1) is 32.8. The van der Waals surface area contributed by atoms with Crippen LogP contribution in [-0.2, 0) is 49.9 Å². The topological polar surface area (TPSA) is 105 Å². The minimum Gasteiger partial charge on any atom is -0.469 e. The fraction of sp³-hybridized carbons (Fsp3) is 0.333. The van der Waals surface area contributed by atoms with E-state index in [1.807, 2.05) is 36.4 Å². The summed E-state index contributed by atoms with van der Waals surface area (Å²) in [5.41, 5.74) is 2.17. The van der Waals surface area contributed by atoms with Gasteiger partial charge in [-0.1, -0.05) is 72.1 Å². The highest BCUT2D eigenvalue weighted by atomic mass is 79.9. The molecule has 0 aliphatic carbocycles. The first-order chi connectivity index (χ1) is 16.6. The van der Waals surface area contributed by atoms with Gasteiger partial charge in [-0.05, 0) is 41.8 Å². The third-order valence-corrected chi connectivity index (χ3v) is 5.84. The van der Waals surface area contributed by atoms with Crippen molar-refractivity contribution in [3.63, 3.8) is 0 Å². The molecule has 11 heteroatoms. The Labute approximate surface area is 230 Å². The van der Waals surface area contributed by atoms with Gasteiger partial charge in [0.25, 0.3) is 0 Å². The number of benzene rings is 2. The molecule has 8 nitrogen and oxygen atoms in total. The van der Waals surface area contributed by atoms with Gasteiger partial charge >= 0.3 is 23.9 Å². The Morgan fingerprint density at radius 3 is 1.34 bits per heavy atom. The van der Waals surface area contributed by atoms with Crippen LogP contribution in [0.25, 0.3) is 0 Å². The molecule has 0 saturated heterocycles. The van der Waals surface area contributed by atoms with Crippen molar-refractivity contribution in [1.29, 1.82) is 0 Å². The van der Waals surface area contributed by atoms with E-state index in [-0.39, 0.29) is 12.8 Å². The summed E-state index contributed by atoms with van der Waals surface area (Å²) in [6.45, 7) is 0. The van der Waals surface area contributed by atoms with E-state index in [1.165, 1.54) is 34.0 Å². The van der Waals surface area contributed by atoms with E-state index in [0.29, 0.717) is 0 Å². The van der Waals surface area contributed by atoms with Crippen LogP contribution in [0.2, 0.25) is 0 Å². The molecule has 0 bridgehead atoms. The summed E-state index contributed by atoms with van der Waals surface area (Å²) in [5.74, 6) is -3.24. The maximum Gasteiger partial charge on any atom is 0.320 e. The fourth-order valence-corrected chi connectivity index (χ4v) is 3.14. The van der Waals surface area contributed by atoms with Gasteiger partial charge in [0.2, 0.25) is 0 Å². The number of halogens is 3. The number of alkyl halides is 1. The largest absolute Gasteiger partial charge is 0.469 e. The molecule has 0 spiro atoms. The van der Waals surface area contributed by atoms with E-state index in [0.717, 1.165) is 19.8 Å². The summed E-state index contributed by atoms with van der Waals surface area (Å²) in [4.78, 5) is 43.4. The second kappa shape index (κ2) is 19.0. The van der Waals surface area contributed by atoms with Gasteiger partial charge in [-0.15, -0.1) is 0 Å². The monoisotopic (exact) mass is 680 g/mol. The number of hydrogen-bond donors (Lipinski definition) is 0. The number of methoxy groups -OCH3 is 4. The number of rotatable bonds is 7. The van der Waals surface area contributed by atoms with Crippen molar-refractivity contribution < 1.29 is 38.1 Å². The average Bonchev–Trinajstić information content (AvgIpc) is 2.88. The Morgan fingerprint density at radius 2 is 1.03 bits per heavy atom. The zero-order valence-electron chi connectivity index (χ0n) is 19.7. The molecule has 0 amide bonds. The van der Waals surface area contributed by atoms with Gasteiger partial charge < -0.3 is 18.9 Å². The molecule has 0 radical (unpaired) electrons. The second-order valence-electron chi connectivity index (χ2n) is 6.52. The lowest BCUT2D eigenvalue weighted by atomic mass is 10.00. The smallest absolute Gasteiger partial charge is 0.320 e. The minimum atomic E-state index is -0.911. The molecule has 0 unspecified atom stereocenters. The predicted octanol–water partition coefficient (Wildman–Crippen LogP) is 5.02. The van der Waals surface area contributed by atoms with E-state index < -0.39 is 29.8 Å². The maximum absolute atomic E-state index is 11.5. The van der Waals surface area contributed by atoms with Gasteiger partial charge in [0.15, 0.2) is 5.92 Å². The number of hydrogen-bond acceptors (Lipinski definition) is 8. The molecule has 0 atom stereocenters. The van der Waals surface area contributed by atoms with Crippen LogP contribution in [0.15, 0.2) is 57.5 Å². The molecule has 0 fully saturated rings. The fourth-order valence-electron chi connectivity index (χ4n) is 2.24. The van der Waals surface area contributed by atoms with Crippen molar-refractivity contribution in [3.8, 4) is 0 Å². The summed E-state index contributed by atoms with van der Waals surface area (Å²) in [5, 5.41) is 0.931. The van der Waals surface area contributed by atoms with Crippen molar-refractivity contribution in [2.24, 2.45) is 5.92 Å². The first-order valence-corrected chi connectivity index (χ1v) is 12.7. The van der Waals surface area contributed by atoms with Gasteiger partial charge in [-0.2, -0.15) is 0 Å². The third-order valence-electron chi connectivity index (χ3n) is 4.14. The first-order valence-electron chi connectivity index (χ1n) is 9.95. The Bertz CT molecular complexity index is 901. The van der Waals surface area contributed by atoms with Crippen molar-refractivity contribution in [3.05, 3.63) is 68.6 Å². The van der Waals surface area contributed by atoms with Crippen molar-refractivity contribution in [2.45, 2.75) is 18.2 Å². The van der Waals surface area contributed by atoms with Crippen molar-refractivity contribution >= 4 is 71.7 Å². The van der Waals surface area contributed by atoms with Crippen molar-refractivity contribution in [1.82, 2.24) is 0 Å². The minimum absolute atomic E-state index is 0.270. The molecule has 0 N–H and O–H groups in total. The maximum atomic E-state index is 11.5. The van der Waals surface area contributed by atoms with Gasteiger partial charge in [0.05, 0.1) is 28.4 Å². The molecule has 0 aliphatic heterocycles. The quantitative estimate of drug-likeness (QED) is 0.174. The highest BCUT2D eigenvalue weighted by Gasteiger charge is 2.28. The highest BCUT2D eigenvalue weighted by molar-refractivity contribution is 9.10. The van der Waals surface area contributed by atoms with E-state index in [2.05, 4.69) is 78.9 Å². The number of esters is 4. The average molecular weight is 683 g/mol. The van der Waals surface area contributed by atoms with Gasteiger partial charge in [-0.25, -0.2) is 0 Å². The number of ether oxygens (including phenoxy) is 4. The molecule has 0 saturated carbocycles. The van der Waals surface area contributed by atoms with E-state index in [9.17, 15) is 19.2 Å². The summed E-state index contributed by atoms with van der Waals surface area (Å²) < 4.78 is 19.6. The van der Waals surface area contributed by atoms with Crippen LogP contribution in [0.5, 0.6) is 0 Å². The summed E-state index contributed by atoms with van der Waals surface area (Å²) in [6, 6.07) is 15.6. The van der Waals surface area contributed by atoms with Crippen LogP contribution in [-0.4, -0.2) is 52.3 Å². The molecule has 2 aromatic rings. The standard InChI is InChI=1S/C12H13BrO4.C7H6Br2.C5H8O4/c1-16-11(14)10(12(15)17-2)7-8-3-5-9(13)6-4-8;8-5-6-1-3-7(9)4-2-6;1-8-4(6)3-5(7)9-2/h3-6,10H,7H2,1-2H3;1-4H,5H2;3H2,1-2H3. The van der Waals surface area contributed by atoms with E-state index in [1.54, 1.807) is 0 Å². The molecule has 0 aliphatic rings. The zero-order valence-corrected chi connectivity index (χ0v) is 24.5. The lowest BCUT2D eigenvalue weighted by molar-refractivity contribution is -0.159. The Kier molecular flexibility index (Phi) is 17.8. The van der Waals surface area contributed by atoms with Crippen LogP contribution in [0.1, 0.15) is 17.5 Å². The molecule has 35 heavy (non-hydrogen) atoms. The van der Waals surface area contributed by atoms with E-state index in [4.69, 9.17) is 0 Å². The molecule has 2 rings (SSSR count). The highest BCUT2D eigenvalue weighted by Crippen LogP contribution is 2.16. The number of carbonyl (C=O) groups excluding carboxylic acids is 4. The Morgan fingerprint density at radius 1 is 0.657 bits per heavy atom. The molecule has 192 valence electrons. The molecule has 0 heterocycles. The summed E-state index contributed by atoms with van der Waals surface area (Å²) >= 11 is 10.0. The van der Waals surface area contributed by atoms with Crippen LogP contribution >= 0.6 is 47.8 Å². The van der Waals surface area contributed by atoms with Crippen LogP contribution in [0, 0.1) is 5.92 Å². The Balaban J connectivity index is 0.000000543. The van der Waals surface area contributed by atoms with Crippen molar-refractivity contribution in [2.75, 3.05) is 28.4 Å². The van der Waals surface area contributed by atoms with Crippen LogP contribution in [0.4, 0.5) is 0 Å². The molecular formula is C24H27Br3O8. The third kappa shape index (κ3) is 14.7. The lowest BCUT2D eigenvalue weighted by Crippen LogP contribution is -2.28. The lowest BCUT2D eigenvalue weighted by Gasteiger charge is -2.12. The van der Waals surface area contributed by atoms with Crippen LogP contribution < -0.4 is 0 Å². The predicted molar refractivity (Wildman–Crippen MR) is 141 cm³/mol. The van der Waals surface area contributed by atoms with E-state index >= 15 is 0 Å². The molecule has 2 aromatic carbocycles. The van der Waals surface area contributed by atoms with Gasteiger partial charge in [-0.3, -0.25) is 19.2 Å². The second-order valence-corrected chi connectivity index (χ2v) is 8.91. The SMILES string of the molecule is BrCc1ccc(Br)cc1.COC(=O)C(Cc1ccc(Br)cc1)C(=O)OC.COC(=O)CC(=O)OC. The summed E-state index contributed by atoms with van der Waals surface area (Å²) in [6.07, 6.45) is -0.0420.